The third kappa shape index (κ3) is 10.7. The molecule has 0 N–H and O–H groups in total. The van der Waals surface area contributed by atoms with Crippen LogP contribution in [0.15, 0.2) is 0 Å². The van der Waals surface area contributed by atoms with E-state index in [2.05, 4.69) is 18.6 Å². The summed E-state index contributed by atoms with van der Waals surface area (Å²) < 4.78 is 45.1. The van der Waals surface area contributed by atoms with Crippen LogP contribution in [-0.4, -0.2) is 36.7 Å². The maximum Gasteiger partial charge on any atom is 0.490 e. The van der Waals surface area contributed by atoms with E-state index >= 15 is 0 Å². The summed E-state index contributed by atoms with van der Waals surface area (Å²) >= 11 is 5.39. The summed E-state index contributed by atoms with van der Waals surface area (Å²) in [6.07, 6.45) is -3.22. The zero-order valence-corrected chi connectivity index (χ0v) is 13.5. The molecule has 0 aromatic carbocycles. The fraction of sp³-hybridized carbons (Fsp3) is 0.857. The molecular formula is C14H22ClF3O4. The van der Waals surface area contributed by atoms with Crippen LogP contribution in [0, 0.1) is 5.92 Å². The first-order chi connectivity index (χ1) is 10.2. The molecule has 0 saturated heterocycles. The number of ether oxygens (including phenoxy) is 2. The van der Waals surface area contributed by atoms with Gasteiger partial charge in [-0.05, 0) is 12.3 Å². The molecule has 0 amide bonds. The Labute approximate surface area is 133 Å². The summed E-state index contributed by atoms with van der Waals surface area (Å²) in [5.74, 6) is -2.88. The van der Waals surface area contributed by atoms with Gasteiger partial charge in [-0.15, -0.1) is 11.6 Å². The van der Waals surface area contributed by atoms with Gasteiger partial charge >= 0.3 is 18.1 Å². The third-order valence-electron chi connectivity index (χ3n) is 2.76. The fourth-order valence-electron chi connectivity index (χ4n) is 1.61. The lowest BCUT2D eigenvalue weighted by molar-refractivity contribution is -0.204. The zero-order chi connectivity index (χ0) is 17.2. The van der Waals surface area contributed by atoms with E-state index < -0.39 is 36.5 Å². The molecule has 0 rings (SSSR count). The van der Waals surface area contributed by atoms with Crippen LogP contribution in [0.5, 0.6) is 0 Å². The van der Waals surface area contributed by atoms with Crippen molar-refractivity contribution in [1.29, 1.82) is 0 Å². The van der Waals surface area contributed by atoms with Gasteiger partial charge < -0.3 is 9.47 Å². The van der Waals surface area contributed by atoms with Crippen LogP contribution in [0.2, 0.25) is 0 Å². The molecule has 1 unspecified atom stereocenters. The highest BCUT2D eigenvalue weighted by molar-refractivity contribution is 6.18. The van der Waals surface area contributed by atoms with E-state index in [0.29, 0.717) is 12.3 Å². The normalized spacial score (nSPS) is 13.0. The predicted octanol–water partition coefficient (Wildman–Crippen LogP) is 3.85. The molecule has 0 heterocycles. The monoisotopic (exact) mass is 346 g/mol. The summed E-state index contributed by atoms with van der Waals surface area (Å²) in [6, 6.07) is 0. The molecule has 22 heavy (non-hydrogen) atoms. The Morgan fingerprint density at radius 3 is 2.27 bits per heavy atom. The van der Waals surface area contributed by atoms with Gasteiger partial charge in [0.2, 0.25) is 0 Å². The number of carbonyl (C=O) groups is 2. The Hall–Kier alpha value is -0.980. The lowest BCUT2D eigenvalue weighted by Crippen LogP contribution is -2.32. The first kappa shape index (κ1) is 21.0. The molecule has 0 fully saturated rings. The van der Waals surface area contributed by atoms with Gasteiger partial charge in [-0.25, -0.2) is 4.79 Å². The topological polar surface area (TPSA) is 52.6 Å². The molecule has 0 aromatic heterocycles. The minimum atomic E-state index is -5.11. The van der Waals surface area contributed by atoms with E-state index in [1.165, 1.54) is 0 Å². The molecule has 0 aromatic rings. The van der Waals surface area contributed by atoms with Gasteiger partial charge in [-0.2, -0.15) is 13.2 Å². The van der Waals surface area contributed by atoms with Gasteiger partial charge in [0.15, 0.2) is 0 Å². The predicted molar refractivity (Wildman–Crippen MR) is 75.5 cm³/mol. The number of halogens is 4. The molecular weight excluding hydrogens is 325 g/mol. The van der Waals surface area contributed by atoms with Crippen molar-refractivity contribution in [1.82, 2.24) is 0 Å². The molecule has 1 atom stereocenters. The smallest absolute Gasteiger partial charge is 0.466 e. The average Bonchev–Trinajstić information content (AvgIpc) is 2.40. The number of hydrogen-bond acceptors (Lipinski definition) is 4. The van der Waals surface area contributed by atoms with Gasteiger partial charge in [0, 0.05) is 0 Å². The molecule has 0 radical (unpaired) electrons. The molecule has 0 aliphatic carbocycles. The van der Waals surface area contributed by atoms with Crippen LogP contribution in [-0.2, 0) is 19.1 Å². The Morgan fingerprint density at radius 2 is 1.77 bits per heavy atom. The van der Waals surface area contributed by atoms with Gasteiger partial charge in [-0.1, -0.05) is 33.1 Å². The Kier molecular flexibility index (Phi) is 10.2. The number of hydrogen-bond donors (Lipinski definition) is 0. The highest BCUT2D eigenvalue weighted by Crippen LogP contribution is 2.19. The minimum Gasteiger partial charge on any atom is -0.466 e. The number of alkyl halides is 4. The van der Waals surface area contributed by atoms with Crippen molar-refractivity contribution in [2.75, 3.05) is 12.5 Å². The van der Waals surface area contributed by atoms with Crippen LogP contribution in [0.25, 0.3) is 0 Å². The van der Waals surface area contributed by atoms with E-state index in [-0.39, 0.29) is 6.61 Å². The number of unbranched alkanes of at least 4 members (excludes halogenated alkanes) is 2. The van der Waals surface area contributed by atoms with Crippen molar-refractivity contribution in [2.24, 2.45) is 5.92 Å². The van der Waals surface area contributed by atoms with E-state index in [1.807, 2.05) is 0 Å². The first-order valence-corrected chi connectivity index (χ1v) is 7.69. The molecule has 4 nitrogen and oxygen atoms in total. The second-order valence-corrected chi connectivity index (χ2v) is 5.66. The summed E-state index contributed by atoms with van der Waals surface area (Å²) in [5, 5.41) is 0. The minimum absolute atomic E-state index is 0.194. The van der Waals surface area contributed by atoms with Gasteiger partial charge in [0.25, 0.3) is 0 Å². The van der Waals surface area contributed by atoms with Gasteiger partial charge in [-0.3, -0.25) is 4.79 Å². The van der Waals surface area contributed by atoms with Gasteiger partial charge in [0.05, 0.1) is 18.9 Å². The maximum absolute atomic E-state index is 12.0. The Morgan fingerprint density at radius 1 is 1.14 bits per heavy atom. The second kappa shape index (κ2) is 10.7. The van der Waals surface area contributed by atoms with Crippen LogP contribution in [0.1, 0.15) is 46.0 Å². The van der Waals surface area contributed by atoms with Crippen LogP contribution < -0.4 is 0 Å². The summed E-state index contributed by atoms with van der Waals surface area (Å²) in [6.45, 7) is 4.43. The van der Waals surface area contributed by atoms with Crippen molar-refractivity contribution < 1.29 is 32.2 Å². The molecule has 8 heteroatoms. The second-order valence-electron chi connectivity index (χ2n) is 5.35. The van der Waals surface area contributed by atoms with Crippen molar-refractivity contribution in [2.45, 2.75) is 58.2 Å². The van der Waals surface area contributed by atoms with E-state index in [4.69, 9.17) is 16.3 Å². The lowest BCUT2D eigenvalue weighted by Gasteiger charge is -2.15. The van der Waals surface area contributed by atoms with Crippen LogP contribution in [0.4, 0.5) is 13.2 Å². The molecule has 0 saturated carbocycles. The largest absolute Gasteiger partial charge is 0.490 e. The Balaban J connectivity index is 3.90. The maximum atomic E-state index is 12.0. The third-order valence-corrected chi connectivity index (χ3v) is 3.10. The van der Waals surface area contributed by atoms with Crippen molar-refractivity contribution in [3.63, 3.8) is 0 Å². The molecule has 130 valence electrons. The first-order valence-electron chi connectivity index (χ1n) is 7.16. The fourth-order valence-corrected chi connectivity index (χ4v) is 1.78. The number of carbonyl (C=O) groups excluding carboxylic acids is 2. The van der Waals surface area contributed by atoms with Gasteiger partial charge in [0.1, 0.15) is 6.10 Å². The van der Waals surface area contributed by atoms with Crippen LogP contribution >= 0.6 is 11.6 Å². The standard InChI is InChI=1S/C14H22ClF3O4/c1-10(2)6-4-3-5-7-21-12(19)8-11(9-15)22-13(20)14(16,17)18/h10-11H,3-9H2,1-2H3. The van der Waals surface area contributed by atoms with Crippen molar-refractivity contribution in [3.05, 3.63) is 0 Å². The van der Waals surface area contributed by atoms with E-state index in [0.717, 1.165) is 19.3 Å². The van der Waals surface area contributed by atoms with Crippen LogP contribution in [0.3, 0.4) is 0 Å². The van der Waals surface area contributed by atoms with Crippen molar-refractivity contribution in [3.8, 4) is 0 Å². The molecule has 0 bridgehead atoms. The van der Waals surface area contributed by atoms with E-state index in [9.17, 15) is 22.8 Å². The summed E-state index contributed by atoms with van der Waals surface area (Å²) in [4.78, 5) is 22.1. The zero-order valence-electron chi connectivity index (χ0n) is 12.7. The molecule has 0 spiro atoms. The lowest BCUT2D eigenvalue weighted by atomic mass is 10.1. The average molecular weight is 347 g/mol. The highest BCUT2D eigenvalue weighted by Gasteiger charge is 2.42. The quantitative estimate of drug-likeness (QED) is 0.342. The molecule has 0 aliphatic heterocycles. The number of esters is 2. The summed E-state index contributed by atoms with van der Waals surface area (Å²) in [7, 11) is 0. The highest BCUT2D eigenvalue weighted by atomic mass is 35.5. The Bertz CT molecular complexity index is 345. The molecule has 0 aliphatic rings. The van der Waals surface area contributed by atoms with E-state index in [1.54, 1.807) is 0 Å². The van der Waals surface area contributed by atoms with Crippen molar-refractivity contribution >= 4 is 23.5 Å². The SMILES string of the molecule is CC(C)CCCCCOC(=O)CC(CCl)OC(=O)C(F)(F)F. The number of rotatable bonds is 10. The summed E-state index contributed by atoms with van der Waals surface area (Å²) in [5.41, 5.74) is 0.